The van der Waals surface area contributed by atoms with Crippen LogP contribution in [0.3, 0.4) is 0 Å². The third-order valence-corrected chi connectivity index (χ3v) is 12.4. The first-order chi connectivity index (χ1) is 21.0. The van der Waals surface area contributed by atoms with Gasteiger partial charge in [0.1, 0.15) is 29.3 Å². The topological polar surface area (TPSA) is 113 Å². The zero-order valence-corrected chi connectivity index (χ0v) is 27.2. The highest BCUT2D eigenvalue weighted by Crippen LogP contribution is 2.56. The summed E-state index contributed by atoms with van der Waals surface area (Å²) in [6.45, 7) is -0.445. The predicted octanol–water partition coefficient (Wildman–Crippen LogP) is 2.44. The Bertz CT molecular complexity index is 1330. The quantitative estimate of drug-likeness (QED) is 0.0730. The SMILES string of the molecule is O=C(CCCCCCC[P+](c1ccccc1)(c1ccccc1)c1ccccc1)N[C@H](CO)[C@H](O)c1ccc([N+](=O)[O-])cc1.[Br-]. The summed E-state index contributed by atoms with van der Waals surface area (Å²) < 4.78 is 0. The Kier molecular flexibility index (Phi) is 14.2. The van der Waals surface area contributed by atoms with E-state index in [2.05, 4.69) is 96.3 Å². The van der Waals surface area contributed by atoms with E-state index in [1.807, 2.05) is 0 Å². The molecule has 1 amide bonds. The predicted molar refractivity (Wildman–Crippen MR) is 175 cm³/mol. The van der Waals surface area contributed by atoms with E-state index in [0.717, 1.165) is 31.8 Å². The number of aliphatic hydroxyl groups excluding tert-OH is 2. The van der Waals surface area contributed by atoms with Crippen molar-refractivity contribution in [3.63, 3.8) is 0 Å². The molecule has 0 aliphatic carbocycles. The van der Waals surface area contributed by atoms with Crippen molar-refractivity contribution in [2.24, 2.45) is 0 Å². The molecule has 0 saturated heterocycles. The smallest absolute Gasteiger partial charge is 0.269 e. The lowest BCUT2D eigenvalue weighted by atomic mass is 10.0. The first kappa shape index (κ1) is 35.1. The molecule has 0 heterocycles. The molecule has 3 N–H and O–H groups in total. The lowest BCUT2D eigenvalue weighted by molar-refractivity contribution is -0.384. The number of nitro benzene ring substituents is 1. The highest BCUT2D eigenvalue weighted by atomic mass is 79.9. The van der Waals surface area contributed by atoms with Crippen LogP contribution < -0.4 is 38.2 Å². The molecule has 4 rings (SSSR count). The molecule has 0 saturated carbocycles. The molecular weight excluding hydrogens is 639 g/mol. The molecule has 0 fully saturated rings. The number of hydrogen-bond donors (Lipinski definition) is 3. The Morgan fingerprint density at radius 2 is 1.18 bits per heavy atom. The first-order valence-corrected chi connectivity index (χ1v) is 16.8. The van der Waals surface area contributed by atoms with Crippen molar-refractivity contribution in [1.29, 1.82) is 0 Å². The summed E-state index contributed by atoms with van der Waals surface area (Å²) in [6, 6.07) is 37.2. The molecule has 0 aliphatic heterocycles. The average molecular weight is 680 g/mol. The summed E-state index contributed by atoms with van der Waals surface area (Å²) >= 11 is 0. The summed E-state index contributed by atoms with van der Waals surface area (Å²) in [5.74, 6) is -0.234. The van der Waals surface area contributed by atoms with E-state index >= 15 is 0 Å². The number of nitro groups is 1. The zero-order chi connectivity index (χ0) is 30.5. The van der Waals surface area contributed by atoms with Gasteiger partial charge in [0, 0.05) is 18.6 Å². The van der Waals surface area contributed by atoms with Crippen molar-refractivity contribution < 1.29 is 36.9 Å². The van der Waals surface area contributed by atoms with Crippen molar-refractivity contribution in [2.75, 3.05) is 12.8 Å². The number of aliphatic hydroxyl groups is 2. The number of benzene rings is 4. The number of amides is 1. The van der Waals surface area contributed by atoms with Gasteiger partial charge in [0.15, 0.2) is 0 Å². The van der Waals surface area contributed by atoms with Gasteiger partial charge in [-0.15, -0.1) is 0 Å². The molecule has 9 heteroatoms. The van der Waals surface area contributed by atoms with Crippen LogP contribution in [0.25, 0.3) is 0 Å². The second-order valence-electron chi connectivity index (χ2n) is 10.7. The molecule has 0 unspecified atom stereocenters. The minimum Gasteiger partial charge on any atom is -1.00 e. The van der Waals surface area contributed by atoms with Gasteiger partial charge in [-0.25, -0.2) is 0 Å². The molecule has 232 valence electrons. The van der Waals surface area contributed by atoms with Gasteiger partial charge in [-0.05, 0) is 73.4 Å². The Labute approximate surface area is 270 Å². The summed E-state index contributed by atoms with van der Waals surface area (Å²) in [5.41, 5.74) is 0.304. The second kappa shape index (κ2) is 17.8. The lowest BCUT2D eigenvalue weighted by Crippen LogP contribution is -3.00. The molecule has 0 radical (unpaired) electrons. The van der Waals surface area contributed by atoms with Crippen LogP contribution in [-0.4, -0.2) is 39.9 Å². The highest BCUT2D eigenvalue weighted by Gasteiger charge is 2.44. The van der Waals surface area contributed by atoms with Crippen LogP contribution in [0.5, 0.6) is 0 Å². The fraction of sp³-hybridized carbons (Fsp3) is 0.286. The van der Waals surface area contributed by atoms with E-state index < -0.39 is 30.9 Å². The van der Waals surface area contributed by atoms with Gasteiger partial charge in [0.05, 0.1) is 23.7 Å². The third-order valence-electron chi connectivity index (χ3n) is 7.86. The Morgan fingerprint density at radius 1 is 0.727 bits per heavy atom. The molecule has 0 aliphatic rings. The maximum Gasteiger partial charge on any atom is 0.269 e. The molecule has 0 spiro atoms. The number of nitrogens with one attached hydrogen (secondary N) is 1. The molecule has 44 heavy (non-hydrogen) atoms. The fourth-order valence-electron chi connectivity index (χ4n) is 5.58. The molecule has 4 aromatic rings. The number of non-ortho nitro benzene ring substituents is 1. The van der Waals surface area contributed by atoms with E-state index in [1.54, 1.807) is 0 Å². The van der Waals surface area contributed by atoms with Crippen molar-refractivity contribution in [3.05, 3.63) is 131 Å². The molecular formula is C35H40BrN2O5P. The monoisotopic (exact) mass is 678 g/mol. The summed E-state index contributed by atoms with van der Waals surface area (Å²) in [4.78, 5) is 22.9. The Balaban J connectivity index is 0.00000529. The highest BCUT2D eigenvalue weighted by molar-refractivity contribution is 7.95. The minimum atomic E-state index is -1.83. The van der Waals surface area contributed by atoms with Crippen LogP contribution in [0.1, 0.15) is 50.2 Å². The average Bonchev–Trinajstić information content (AvgIpc) is 3.06. The normalized spacial score (nSPS) is 12.5. The van der Waals surface area contributed by atoms with Gasteiger partial charge in [0.25, 0.3) is 5.69 Å². The maximum absolute atomic E-state index is 12.6. The number of halogens is 1. The number of carbonyl (C=O) groups excluding carboxylic acids is 1. The summed E-state index contributed by atoms with van der Waals surface area (Å²) in [6.07, 6.45) is 4.99. The summed E-state index contributed by atoms with van der Waals surface area (Å²) in [7, 11) is -1.83. The second-order valence-corrected chi connectivity index (χ2v) is 14.3. The van der Waals surface area contributed by atoms with Crippen LogP contribution in [0.15, 0.2) is 115 Å². The van der Waals surface area contributed by atoms with Gasteiger partial charge in [0.2, 0.25) is 5.91 Å². The van der Waals surface area contributed by atoms with Gasteiger partial charge in [-0.3, -0.25) is 14.9 Å². The molecule has 7 nitrogen and oxygen atoms in total. The lowest BCUT2D eigenvalue weighted by Gasteiger charge is -2.27. The number of unbranched alkanes of at least 4 members (excludes halogenated alkanes) is 4. The number of rotatable bonds is 16. The Morgan fingerprint density at radius 3 is 1.64 bits per heavy atom. The van der Waals surface area contributed by atoms with E-state index in [1.165, 1.54) is 40.2 Å². The van der Waals surface area contributed by atoms with Crippen LogP contribution in [0, 0.1) is 10.1 Å². The van der Waals surface area contributed by atoms with Crippen LogP contribution in [0.2, 0.25) is 0 Å². The van der Waals surface area contributed by atoms with Gasteiger partial charge < -0.3 is 32.5 Å². The van der Waals surface area contributed by atoms with Crippen molar-refractivity contribution in [2.45, 2.75) is 50.7 Å². The zero-order valence-electron chi connectivity index (χ0n) is 24.7. The Hall–Kier alpha value is -3.42. The first-order valence-electron chi connectivity index (χ1n) is 14.8. The standard InChI is InChI=1S/C35H39N2O5P.BrH/c38-27-33(35(40)28-22-24-29(25-23-28)37(41)42)36-34(39)21-13-2-1-3-14-26-43(30-15-7-4-8-16-30,31-17-9-5-10-18-31)32-19-11-6-12-20-32;/h4-12,15-20,22-25,33,35,38,40H,1-3,13-14,21,26-27H2;1H/t33-,35-;/m1./s1. The van der Waals surface area contributed by atoms with Crippen molar-refractivity contribution >= 4 is 34.8 Å². The largest absolute Gasteiger partial charge is 1.00 e. The summed E-state index contributed by atoms with van der Waals surface area (Å²) in [5, 5.41) is 38.1. The maximum atomic E-state index is 12.6. The van der Waals surface area contributed by atoms with Gasteiger partial charge in [-0.1, -0.05) is 67.4 Å². The van der Waals surface area contributed by atoms with Crippen LogP contribution in [0.4, 0.5) is 5.69 Å². The molecule has 0 bridgehead atoms. The van der Waals surface area contributed by atoms with Gasteiger partial charge in [-0.2, -0.15) is 0 Å². The van der Waals surface area contributed by atoms with E-state index in [0.29, 0.717) is 18.4 Å². The number of carbonyl (C=O) groups is 1. The van der Waals surface area contributed by atoms with E-state index in [4.69, 9.17) is 0 Å². The van der Waals surface area contributed by atoms with E-state index in [9.17, 15) is 25.1 Å². The van der Waals surface area contributed by atoms with Gasteiger partial charge >= 0.3 is 0 Å². The third kappa shape index (κ3) is 9.05. The van der Waals surface area contributed by atoms with Crippen LogP contribution >= 0.6 is 7.26 Å². The molecule has 2 atom stereocenters. The van der Waals surface area contributed by atoms with Crippen LogP contribution in [-0.2, 0) is 4.79 Å². The van der Waals surface area contributed by atoms with E-state index in [-0.39, 0.29) is 28.6 Å². The molecule has 4 aromatic carbocycles. The number of hydrogen-bond acceptors (Lipinski definition) is 5. The fourth-order valence-corrected chi connectivity index (χ4v) is 9.99. The van der Waals surface area contributed by atoms with Crippen molar-refractivity contribution in [3.8, 4) is 0 Å². The van der Waals surface area contributed by atoms with Crippen molar-refractivity contribution in [1.82, 2.24) is 5.32 Å². The minimum absolute atomic E-state index is 0. The molecule has 0 aromatic heterocycles. The number of nitrogens with zero attached hydrogens (tertiary/aromatic N) is 1.